The number of nitrogens with zero attached hydrogens (tertiary/aromatic N) is 6. The summed E-state index contributed by atoms with van der Waals surface area (Å²) in [5, 5.41) is 10.3. The summed E-state index contributed by atoms with van der Waals surface area (Å²) in [5.41, 5.74) is 7.99. The van der Waals surface area contributed by atoms with Gasteiger partial charge in [-0.2, -0.15) is 4.98 Å². The minimum atomic E-state index is -0.743. The SMILES string of the molecule is COc1ccc([C@@H]2OC=C(C(N)=O)N2c2cc3oc(N4CCOCC4)nc3nc2N2CCC(O)C2)cn1. The van der Waals surface area contributed by atoms with Crippen LogP contribution >= 0.6 is 0 Å². The Balaban J connectivity index is 1.47. The Hall–Kier alpha value is -4.10. The van der Waals surface area contributed by atoms with Crippen molar-refractivity contribution in [1.82, 2.24) is 15.0 Å². The van der Waals surface area contributed by atoms with Gasteiger partial charge in [0.05, 0.1) is 32.1 Å². The number of ether oxygens (including phenoxy) is 3. The van der Waals surface area contributed by atoms with E-state index in [1.165, 1.54) is 13.4 Å². The van der Waals surface area contributed by atoms with Crippen molar-refractivity contribution in [1.29, 1.82) is 0 Å². The van der Waals surface area contributed by atoms with Crippen LogP contribution in [0.25, 0.3) is 11.2 Å². The lowest BCUT2D eigenvalue weighted by molar-refractivity contribution is -0.114. The number of β-amino-alcohol motifs (C(OH)–C–C–N with tert-alkyl or cyclic N) is 1. The van der Waals surface area contributed by atoms with E-state index in [0.29, 0.717) is 86.0 Å². The zero-order chi connectivity index (χ0) is 25.5. The zero-order valence-electron chi connectivity index (χ0n) is 20.2. The molecule has 3 N–H and O–H groups in total. The highest BCUT2D eigenvalue weighted by molar-refractivity contribution is 5.98. The highest BCUT2D eigenvalue weighted by Crippen LogP contribution is 2.43. The molecular weight excluding hydrogens is 482 g/mol. The molecule has 3 aliphatic heterocycles. The van der Waals surface area contributed by atoms with E-state index >= 15 is 0 Å². The van der Waals surface area contributed by atoms with Gasteiger partial charge in [-0.1, -0.05) is 0 Å². The number of hydrogen-bond donors (Lipinski definition) is 2. The van der Waals surface area contributed by atoms with Crippen molar-refractivity contribution in [3.05, 3.63) is 41.9 Å². The molecule has 13 heteroatoms. The molecule has 1 unspecified atom stereocenters. The molecule has 6 rings (SSSR count). The van der Waals surface area contributed by atoms with Crippen LogP contribution in [0.5, 0.6) is 5.88 Å². The van der Waals surface area contributed by atoms with Crippen LogP contribution in [0.4, 0.5) is 17.5 Å². The van der Waals surface area contributed by atoms with Crippen LogP contribution in [0.3, 0.4) is 0 Å². The Morgan fingerprint density at radius 2 is 2.03 bits per heavy atom. The van der Waals surface area contributed by atoms with E-state index in [0.717, 1.165) is 0 Å². The Bertz CT molecular complexity index is 1340. The number of methoxy groups -OCH3 is 1. The summed E-state index contributed by atoms with van der Waals surface area (Å²) in [7, 11) is 1.54. The Kier molecular flexibility index (Phi) is 5.93. The standard InChI is InChI=1S/C24H27N7O6/c1-34-19-3-2-14(11-26-19)23-31(17(13-36-23)20(25)33)16-10-18-21(27-22(16)30-5-4-15(32)12-30)28-24(37-18)29-6-8-35-9-7-29/h2-3,10-11,13,15,23,32H,4-9,12H2,1H3,(H2,25,33)/t15?,23-/m0/s1. The first-order valence-corrected chi connectivity index (χ1v) is 12.0. The van der Waals surface area contributed by atoms with E-state index in [-0.39, 0.29) is 5.70 Å². The molecule has 37 heavy (non-hydrogen) atoms. The summed E-state index contributed by atoms with van der Waals surface area (Å²) >= 11 is 0. The van der Waals surface area contributed by atoms with Crippen molar-refractivity contribution >= 4 is 34.7 Å². The topological polar surface area (TPSA) is 153 Å². The first kappa shape index (κ1) is 23.3. The van der Waals surface area contributed by atoms with Gasteiger partial charge in [0.25, 0.3) is 11.9 Å². The molecule has 2 atom stereocenters. The number of primary amides is 1. The van der Waals surface area contributed by atoms with Gasteiger partial charge in [0.1, 0.15) is 12.0 Å². The van der Waals surface area contributed by atoms with Crippen LogP contribution in [0.1, 0.15) is 18.2 Å². The summed E-state index contributed by atoms with van der Waals surface area (Å²) in [6, 6.07) is 5.75. The van der Waals surface area contributed by atoms with Crippen LogP contribution in [0.15, 0.2) is 40.8 Å². The van der Waals surface area contributed by atoms with Gasteiger partial charge < -0.3 is 39.3 Å². The molecular formula is C24H27N7O6. The number of rotatable bonds is 6. The van der Waals surface area contributed by atoms with E-state index in [1.54, 1.807) is 29.3 Å². The molecule has 6 heterocycles. The smallest absolute Gasteiger partial charge is 0.300 e. The van der Waals surface area contributed by atoms with Gasteiger partial charge >= 0.3 is 0 Å². The molecule has 0 aliphatic carbocycles. The summed E-state index contributed by atoms with van der Waals surface area (Å²) in [6.07, 6.45) is 2.31. The lowest BCUT2D eigenvalue weighted by Crippen LogP contribution is -2.36. The maximum Gasteiger partial charge on any atom is 0.300 e. The monoisotopic (exact) mass is 509 g/mol. The molecule has 13 nitrogen and oxygen atoms in total. The van der Waals surface area contributed by atoms with Gasteiger partial charge in [0.15, 0.2) is 11.4 Å². The number of pyridine rings is 2. The second-order valence-corrected chi connectivity index (χ2v) is 9.00. The van der Waals surface area contributed by atoms with Crippen LogP contribution < -0.4 is 25.2 Å². The molecule has 0 radical (unpaired) electrons. The number of aromatic nitrogens is 3. The molecule has 0 bridgehead atoms. The van der Waals surface area contributed by atoms with Crippen LogP contribution in [-0.2, 0) is 14.3 Å². The molecule has 2 fully saturated rings. The summed E-state index contributed by atoms with van der Waals surface area (Å²) in [4.78, 5) is 31.9. The second-order valence-electron chi connectivity index (χ2n) is 9.00. The number of morpholine rings is 1. The highest BCUT2D eigenvalue weighted by Gasteiger charge is 2.38. The minimum absolute atomic E-state index is 0.149. The molecule has 0 spiro atoms. The fourth-order valence-electron chi connectivity index (χ4n) is 4.76. The molecule has 0 aromatic carbocycles. The van der Waals surface area contributed by atoms with E-state index in [1.807, 2.05) is 9.80 Å². The second kappa shape index (κ2) is 9.41. The molecule has 3 aliphatic rings. The van der Waals surface area contributed by atoms with Crippen molar-refractivity contribution in [3.8, 4) is 5.88 Å². The number of anilines is 3. The first-order chi connectivity index (χ1) is 18.0. The van der Waals surface area contributed by atoms with Crippen molar-refractivity contribution in [2.24, 2.45) is 5.73 Å². The number of carbonyl (C=O) groups is 1. The maximum absolute atomic E-state index is 12.5. The largest absolute Gasteiger partial charge is 0.481 e. The van der Waals surface area contributed by atoms with Crippen molar-refractivity contribution in [2.75, 3.05) is 61.2 Å². The van der Waals surface area contributed by atoms with E-state index in [4.69, 9.17) is 29.3 Å². The van der Waals surface area contributed by atoms with Gasteiger partial charge in [-0.3, -0.25) is 9.69 Å². The number of nitrogens with two attached hydrogens (primary N) is 1. The number of hydrogen-bond acceptors (Lipinski definition) is 12. The zero-order valence-corrected chi connectivity index (χ0v) is 20.2. The van der Waals surface area contributed by atoms with Crippen LogP contribution in [0.2, 0.25) is 0 Å². The van der Waals surface area contributed by atoms with E-state index < -0.39 is 18.2 Å². The average molecular weight is 510 g/mol. The summed E-state index contributed by atoms with van der Waals surface area (Å²) in [6.45, 7) is 3.46. The van der Waals surface area contributed by atoms with Gasteiger partial charge in [0.2, 0.25) is 17.8 Å². The van der Waals surface area contributed by atoms with Gasteiger partial charge in [-0.15, -0.1) is 0 Å². The summed E-state index contributed by atoms with van der Waals surface area (Å²) in [5.74, 6) is 0.321. The Labute approximate surface area is 212 Å². The average Bonchev–Trinajstić information content (AvgIpc) is 3.66. The van der Waals surface area contributed by atoms with Crippen molar-refractivity contribution in [3.63, 3.8) is 0 Å². The quantitative estimate of drug-likeness (QED) is 0.485. The van der Waals surface area contributed by atoms with Crippen molar-refractivity contribution < 1.29 is 28.5 Å². The Morgan fingerprint density at radius 1 is 1.19 bits per heavy atom. The molecule has 3 aromatic rings. The third-order valence-corrected chi connectivity index (χ3v) is 6.64. The van der Waals surface area contributed by atoms with E-state index in [2.05, 4.69) is 9.97 Å². The molecule has 194 valence electrons. The van der Waals surface area contributed by atoms with Gasteiger partial charge in [-0.05, 0) is 12.5 Å². The maximum atomic E-state index is 12.5. The number of oxazole rings is 1. The van der Waals surface area contributed by atoms with Crippen LogP contribution in [0, 0.1) is 0 Å². The molecule has 1 amide bonds. The normalized spacial score (nSPS) is 21.9. The number of carbonyl (C=O) groups excluding carboxylic acids is 1. The number of fused-ring (bicyclic) bond motifs is 1. The third-order valence-electron chi connectivity index (χ3n) is 6.64. The first-order valence-electron chi connectivity index (χ1n) is 12.0. The fraction of sp³-hybridized carbons (Fsp3) is 0.417. The van der Waals surface area contributed by atoms with Crippen LogP contribution in [-0.4, -0.2) is 78.6 Å². The summed E-state index contributed by atoms with van der Waals surface area (Å²) < 4.78 is 22.6. The number of amides is 1. The minimum Gasteiger partial charge on any atom is -0.481 e. The van der Waals surface area contributed by atoms with E-state index in [9.17, 15) is 9.90 Å². The number of aliphatic hydroxyl groups is 1. The van der Waals surface area contributed by atoms with Gasteiger partial charge in [-0.25, -0.2) is 9.97 Å². The Morgan fingerprint density at radius 3 is 2.70 bits per heavy atom. The number of aliphatic hydroxyl groups excluding tert-OH is 1. The lowest BCUT2D eigenvalue weighted by atomic mass is 10.2. The molecule has 0 saturated carbocycles. The predicted octanol–water partition coefficient (Wildman–Crippen LogP) is 0.896. The third kappa shape index (κ3) is 4.25. The molecule has 2 saturated heterocycles. The fourth-order valence-corrected chi connectivity index (χ4v) is 4.76. The lowest BCUT2D eigenvalue weighted by Gasteiger charge is -2.30. The van der Waals surface area contributed by atoms with Crippen molar-refractivity contribution in [2.45, 2.75) is 18.8 Å². The highest BCUT2D eigenvalue weighted by atomic mass is 16.5. The predicted molar refractivity (Wildman–Crippen MR) is 132 cm³/mol. The van der Waals surface area contributed by atoms with Gasteiger partial charge in [0, 0.05) is 50.1 Å². The molecule has 3 aromatic heterocycles.